The van der Waals surface area contributed by atoms with Gasteiger partial charge in [0.2, 0.25) is 5.88 Å². The summed E-state index contributed by atoms with van der Waals surface area (Å²) in [6, 6.07) is 6.27. The number of carbonyl (C=O) groups excluding carboxylic acids is 1. The van der Waals surface area contributed by atoms with Gasteiger partial charge in [-0.3, -0.25) is 14.3 Å². The van der Waals surface area contributed by atoms with E-state index in [1.54, 1.807) is 12.1 Å². The van der Waals surface area contributed by atoms with Crippen LogP contribution in [-0.2, 0) is 0 Å². The number of carbonyl (C=O) groups is 1. The number of nitrogens with zero attached hydrogens (tertiary/aromatic N) is 2. The summed E-state index contributed by atoms with van der Waals surface area (Å²) in [5.41, 5.74) is 7.60. The zero-order chi connectivity index (χ0) is 16.3. The maximum Gasteiger partial charge on any atom is 0.332 e. The number of primary amides is 1. The van der Waals surface area contributed by atoms with Gasteiger partial charge < -0.3 is 10.8 Å². The molecule has 5 N–H and O–H groups in total. The zero-order valence-electron chi connectivity index (χ0n) is 11.5. The first-order valence-electron chi connectivity index (χ1n) is 6.14. The molecule has 1 aromatic heterocycles. The van der Waals surface area contributed by atoms with Gasteiger partial charge in [0.05, 0.1) is 11.9 Å². The smallest absolute Gasteiger partial charge is 0.332 e. The third-order valence-corrected chi connectivity index (χ3v) is 3.07. The topological polar surface area (TPSA) is 125 Å². The molecule has 0 saturated carbocycles. The van der Waals surface area contributed by atoms with E-state index in [1.165, 1.54) is 4.57 Å². The molecule has 0 saturated heterocycles. The fraction of sp³-hybridized carbons (Fsp3) is 0.0769. The number of aromatic nitrogens is 2. The third-order valence-electron chi connectivity index (χ3n) is 2.78. The van der Waals surface area contributed by atoms with E-state index in [4.69, 9.17) is 18.0 Å². The molecule has 0 aliphatic heterocycles. The number of hydrogen-bond donors (Lipinski definition) is 4. The fourth-order valence-corrected chi connectivity index (χ4v) is 2.03. The highest BCUT2D eigenvalue weighted by Gasteiger charge is 2.12. The Hall–Kier alpha value is -2.94. The standard InChI is InChI=1S/C13H13N5O3S/c1-7-2-4-8(5-3-7)18-11(20)9(6-15-17-12(14)21)10(19)16-13(18)22/h2-6,20H,1H3,(H3,14,17,21)(H,16,19,22). The van der Waals surface area contributed by atoms with Crippen LogP contribution >= 0.6 is 12.2 Å². The second-order valence-electron chi connectivity index (χ2n) is 4.40. The number of hydrazone groups is 1. The second-order valence-corrected chi connectivity index (χ2v) is 4.79. The Kier molecular flexibility index (Phi) is 4.37. The van der Waals surface area contributed by atoms with E-state index >= 15 is 0 Å². The molecule has 0 fully saturated rings. The van der Waals surface area contributed by atoms with Gasteiger partial charge in [-0.05, 0) is 31.3 Å². The number of benzene rings is 1. The molecule has 1 heterocycles. The van der Waals surface area contributed by atoms with Gasteiger partial charge in [-0.2, -0.15) is 5.10 Å². The first-order valence-corrected chi connectivity index (χ1v) is 6.55. The van der Waals surface area contributed by atoms with Crippen molar-refractivity contribution in [3.05, 3.63) is 50.5 Å². The van der Waals surface area contributed by atoms with Crippen LogP contribution in [0.25, 0.3) is 5.69 Å². The first-order chi connectivity index (χ1) is 10.4. The lowest BCUT2D eigenvalue weighted by atomic mass is 10.2. The number of aryl methyl sites for hydroxylation is 1. The lowest BCUT2D eigenvalue weighted by molar-refractivity contribution is 0.249. The number of aromatic amines is 1. The van der Waals surface area contributed by atoms with Crippen molar-refractivity contribution in [2.45, 2.75) is 6.92 Å². The molecule has 0 unspecified atom stereocenters. The van der Waals surface area contributed by atoms with Crippen molar-refractivity contribution in [1.82, 2.24) is 15.0 Å². The molecule has 2 aromatic rings. The van der Waals surface area contributed by atoms with Crippen molar-refractivity contribution in [2.24, 2.45) is 10.8 Å². The maximum absolute atomic E-state index is 11.8. The van der Waals surface area contributed by atoms with E-state index < -0.39 is 17.5 Å². The van der Waals surface area contributed by atoms with Gasteiger partial charge in [-0.15, -0.1) is 0 Å². The van der Waals surface area contributed by atoms with Crippen LogP contribution in [0.15, 0.2) is 34.2 Å². The van der Waals surface area contributed by atoms with Gasteiger partial charge in [0.25, 0.3) is 5.56 Å². The monoisotopic (exact) mass is 319 g/mol. The molecule has 0 radical (unpaired) electrons. The van der Waals surface area contributed by atoms with Gasteiger partial charge >= 0.3 is 6.03 Å². The SMILES string of the molecule is Cc1ccc(-n2c(O)c(C=NNC(N)=O)c(=O)[nH]c2=S)cc1. The van der Waals surface area contributed by atoms with Crippen molar-refractivity contribution in [3.8, 4) is 11.6 Å². The molecule has 0 aliphatic carbocycles. The number of nitrogens with two attached hydrogens (primary N) is 1. The highest BCUT2D eigenvalue weighted by atomic mass is 32.1. The minimum Gasteiger partial charge on any atom is -0.494 e. The minimum atomic E-state index is -0.890. The Bertz CT molecular complexity index is 851. The molecular formula is C13H13N5O3S. The average molecular weight is 319 g/mol. The first kappa shape index (κ1) is 15.4. The molecule has 114 valence electrons. The van der Waals surface area contributed by atoms with Crippen molar-refractivity contribution in [1.29, 1.82) is 0 Å². The molecule has 0 aliphatic rings. The normalized spacial score (nSPS) is 10.8. The zero-order valence-corrected chi connectivity index (χ0v) is 12.3. The molecule has 9 heteroatoms. The molecule has 22 heavy (non-hydrogen) atoms. The predicted molar refractivity (Wildman–Crippen MR) is 83.9 cm³/mol. The molecule has 8 nitrogen and oxygen atoms in total. The van der Waals surface area contributed by atoms with Crippen LogP contribution in [0.4, 0.5) is 4.79 Å². The van der Waals surface area contributed by atoms with Gasteiger partial charge in [0.1, 0.15) is 5.56 Å². The fourth-order valence-electron chi connectivity index (χ4n) is 1.75. The van der Waals surface area contributed by atoms with Gasteiger partial charge in [0, 0.05) is 0 Å². The van der Waals surface area contributed by atoms with Crippen LogP contribution in [0, 0.1) is 11.7 Å². The third kappa shape index (κ3) is 3.20. The summed E-state index contributed by atoms with van der Waals surface area (Å²) in [5, 5.41) is 13.7. The summed E-state index contributed by atoms with van der Waals surface area (Å²) in [5.74, 6) is -0.396. The number of amides is 2. The lowest BCUT2D eigenvalue weighted by Gasteiger charge is -2.11. The largest absolute Gasteiger partial charge is 0.494 e. The Morgan fingerprint density at radius 3 is 2.68 bits per heavy atom. The van der Waals surface area contributed by atoms with Crippen LogP contribution in [-0.4, -0.2) is 26.9 Å². The quantitative estimate of drug-likeness (QED) is 0.381. The number of H-pyrrole nitrogens is 1. The van der Waals surface area contributed by atoms with E-state index in [0.29, 0.717) is 5.69 Å². The van der Waals surface area contributed by atoms with Crippen LogP contribution in [0.1, 0.15) is 11.1 Å². The van der Waals surface area contributed by atoms with E-state index in [1.807, 2.05) is 24.5 Å². The molecule has 0 bridgehead atoms. The van der Waals surface area contributed by atoms with Crippen LogP contribution in [0.2, 0.25) is 0 Å². The maximum atomic E-state index is 11.8. The Morgan fingerprint density at radius 1 is 1.45 bits per heavy atom. The average Bonchev–Trinajstić information content (AvgIpc) is 2.44. The predicted octanol–water partition coefficient (Wildman–Crippen LogP) is 0.911. The van der Waals surface area contributed by atoms with Gasteiger partial charge in [-0.1, -0.05) is 17.7 Å². The summed E-state index contributed by atoms with van der Waals surface area (Å²) in [6.45, 7) is 1.92. The van der Waals surface area contributed by atoms with Crippen molar-refractivity contribution >= 4 is 24.5 Å². The van der Waals surface area contributed by atoms with Crippen LogP contribution in [0.3, 0.4) is 0 Å². The number of rotatable bonds is 3. The lowest BCUT2D eigenvalue weighted by Crippen LogP contribution is -2.25. The van der Waals surface area contributed by atoms with Crippen molar-refractivity contribution in [2.75, 3.05) is 0 Å². The highest BCUT2D eigenvalue weighted by molar-refractivity contribution is 7.71. The Balaban J connectivity index is 2.58. The van der Waals surface area contributed by atoms with E-state index in [-0.39, 0.29) is 10.3 Å². The molecule has 0 atom stereocenters. The summed E-state index contributed by atoms with van der Waals surface area (Å²) >= 11 is 5.07. The number of aromatic hydroxyl groups is 1. The van der Waals surface area contributed by atoms with Crippen molar-refractivity contribution in [3.63, 3.8) is 0 Å². The van der Waals surface area contributed by atoms with Gasteiger partial charge in [0.15, 0.2) is 4.77 Å². The number of nitrogens with one attached hydrogen (secondary N) is 2. The molecular weight excluding hydrogens is 306 g/mol. The summed E-state index contributed by atoms with van der Waals surface area (Å²) in [6.07, 6.45) is 0.985. The molecule has 2 amide bonds. The molecule has 0 spiro atoms. The Labute approximate surface area is 129 Å². The van der Waals surface area contributed by atoms with Gasteiger partial charge in [-0.25, -0.2) is 10.2 Å². The highest BCUT2D eigenvalue weighted by Crippen LogP contribution is 2.18. The summed E-state index contributed by atoms with van der Waals surface area (Å²) in [4.78, 5) is 24.8. The van der Waals surface area contributed by atoms with Crippen LogP contribution in [0.5, 0.6) is 5.88 Å². The number of hydrogen-bond acceptors (Lipinski definition) is 5. The Morgan fingerprint density at radius 2 is 2.09 bits per heavy atom. The molecule has 1 aromatic carbocycles. The van der Waals surface area contributed by atoms with E-state index in [2.05, 4.69) is 10.1 Å². The summed E-state index contributed by atoms with van der Waals surface area (Å²) in [7, 11) is 0. The molecule has 2 rings (SSSR count). The van der Waals surface area contributed by atoms with E-state index in [0.717, 1.165) is 11.8 Å². The van der Waals surface area contributed by atoms with Crippen LogP contribution < -0.4 is 16.7 Å². The summed E-state index contributed by atoms with van der Waals surface area (Å²) < 4.78 is 1.31. The minimum absolute atomic E-state index is 0.0337. The van der Waals surface area contributed by atoms with E-state index in [9.17, 15) is 14.7 Å². The van der Waals surface area contributed by atoms with Crippen molar-refractivity contribution < 1.29 is 9.90 Å². The second kappa shape index (κ2) is 6.22. The number of urea groups is 1.